The lowest BCUT2D eigenvalue weighted by Crippen LogP contribution is -2.38. The quantitative estimate of drug-likeness (QED) is 0.504. The first-order valence-corrected chi connectivity index (χ1v) is 9.57. The third-order valence-corrected chi connectivity index (χ3v) is 4.36. The Labute approximate surface area is 148 Å². The van der Waals surface area contributed by atoms with E-state index in [9.17, 15) is 8.42 Å². The zero-order valence-electron chi connectivity index (χ0n) is 14.1. The summed E-state index contributed by atoms with van der Waals surface area (Å²) in [6.45, 7) is 3.93. The van der Waals surface area contributed by atoms with Crippen molar-refractivity contribution in [3.8, 4) is 0 Å². The van der Waals surface area contributed by atoms with Crippen LogP contribution in [0.2, 0.25) is 0 Å². The maximum atomic E-state index is 11.2. The van der Waals surface area contributed by atoms with Crippen LogP contribution in [0.1, 0.15) is 18.2 Å². The highest BCUT2D eigenvalue weighted by Crippen LogP contribution is 2.08. The van der Waals surface area contributed by atoms with Gasteiger partial charge in [0.05, 0.1) is 17.1 Å². The second kappa shape index (κ2) is 9.14. The Kier molecular flexibility index (Phi) is 6.91. The van der Waals surface area contributed by atoms with Crippen LogP contribution in [0.4, 0.5) is 0 Å². The Morgan fingerprint density at radius 1 is 1.16 bits per heavy atom. The van der Waals surface area contributed by atoms with Crippen molar-refractivity contribution in [3.05, 3.63) is 59.9 Å². The fourth-order valence-corrected chi connectivity index (χ4v) is 2.68. The molecule has 0 saturated carbocycles. The van der Waals surface area contributed by atoms with E-state index in [2.05, 4.69) is 20.6 Å². The van der Waals surface area contributed by atoms with E-state index in [1.165, 1.54) is 12.1 Å². The zero-order valence-corrected chi connectivity index (χ0v) is 15.0. The van der Waals surface area contributed by atoms with Crippen molar-refractivity contribution in [3.63, 3.8) is 0 Å². The highest BCUT2D eigenvalue weighted by atomic mass is 32.2. The molecule has 2 aromatic rings. The third kappa shape index (κ3) is 6.52. The molecule has 1 aromatic carbocycles. The molecule has 2 rings (SSSR count). The number of guanidine groups is 1. The minimum absolute atomic E-state index is 0.120. The monoisotopic (exact) mass is 361 g/mol. The van der Waals surface area contributed by atoms with Gasteiger partial charge in [-0.05, 0) is 43.2 Å². The van der Waals surface area contributed by atoms with E-state index >= 15 is 0 Å². The van der Waals surface area contributed by atoms with Crippen molar-refractivity contribution in [1.82, 2.24) is 15.6 Å². The fraction of sp³-hybridized carbons (Fsp3) is 0.294. The van der Waals surface area contributed by atoms with Crippen LogP contribution in [0.5, 0.6) is 0 Å². The number of benzene rings is 1. The largest absolute Gasteiger partial charge is 0.357 e. The van der Waals surface area contributed by atoms with Crippen molar-refractivity contribution in [1.29, 1.82) is 0 Å². The Bertz CT molecular complexity index is 790. The molecule has 134 valence electrons. The first-order valence-electron chi connectivity index (χ1n) is 8.03. The predicted octanol–water partition coefficient (Wildman–Crippen LogP) is 1.03. The van der Waals surface area contributed by atoms with Crippen LogP contribution in [0.25, 0.3) is 0 Å². The molecular weight excluding hydrogens is 338 g/mol. The van der Waals surface area contributed by atoms with Gasteiger partial charge in [-0.15, -0.1) is 0 Å². The van der Waals surface area contributed by atoms with Gasteiger partial charge >= 0.3 is 0 Å². The molecule has 0 bridgehead atoms. The molecule has 0 saturated heterocycles. The number of pyridine rings is 1. The molecule has 0 fully saturated rings. The summed E-state index contributed by atoms with van der Waals surface area (Å²) < 4.78 is 22.5. The number of primary sulfonamides is 1. The number of aliphatic imine (C=N–C) groups is 1. The van der Waals surface area contributed by atoms with Crippen LogP contribution in [0, 0.1) is 0 Å². The van der Waals surface area contributed by atoms with Gasteiger partial charge in [0, 0.05) is 19.3 Å². The number of nitrogens with one attached hydrogen (secondary N) is 2. The number of hydrogen-bond donors (Lipinski definition) is 3. The molecule has 1 aromatic heterocycles. The van der Waals surface area contributed by atoms with Gasteiger partial charge in [0.2, 0.25) is 10.0 Å². The van der Waals surface area contributed by atoms with Gasteiger partial charge < -0.3 is 10.6 Å². The van der Waals surface area contributed by atoms with Crippen molar-refractivity contribution in [2.45, 2.75) is 24.8 Å². The molecule has 0 radical (unpaired) electrons. The topological polar surface area (TPSA) is 109 Å². The molecular formula is C17H23N5O2S. The van der Waals surface area contributed by atoms with Crippen LogP contribution in [-0.4, -0.2) is 32.5 Å². The van der Waals surface area contributed by atoms with E-state index in [0.29, 0.717) is 19.0 Å². The van der Waals surface area contributed by atoms with E-state index in [-0.39, 0.29) is 4.90 Å². The van der Waals surface area contributed by atoms with Gasteiger partial charge in [-0.2, -0.15) is 0 Å². The lowest BCUT2D eigenvalue weighted by Gasteiger charge is -2.11. The van der Waals surface area contributed by atoms with E-state index in [1.54, 1.807) is 18.3 Å². The molecule has 0 aliphatic carbocycles. The van der Waals surface area contributed by atoms with E-state index < -0.39 is 10.0 Å². The van der Waals surface area contributed by atoms with Crippen molar-refractivity contribution >= 4 is 16.0 Å². The number of nitrogens with zero attached hydrogens (tertiary/aromatic N) is 2. The number of aromatic nitrogens is 1. The summed E-state index contributed by atoms with van der Waals surface area (Å²) in [7, 11) is -3.65. The Balaban J connectivity index is 1.88. The first kappa shape index (κ1) is 18.9. The molecule has 25 heavy (non-hydrogen) atoms. The molecule has 0 spiro atoms. The molecule has 0 aliphatic heterocycles. The number of nitrogens with two attached hydrogens (primary N) is 1. The summed E-state index contributed by atoms with van der Waals surface area (Å²) in [5.41, 5.74) is 1.92. The van der Waals surface area contributed by atoms with Crippen LogP contribution in [-0.2, 0) is 23.0 Å². The maximum Gasteiger partial charge on any atom is 0.238 e. The van der Waals surface area contributed by atoms with Gasteiger partial charge in [0.15, 0.2) is 5.96 Å². The van der Waals surface area contributed by atoms with Gasteiger partial charge in [-0.1, -0.05) is 18.2 Å². The van der Waals surface area contributed by atoms with Crippen LogP contribution in [0.3, 0.4) is 0 Å². The fourth-order valence-electron chi connectivity index (χ4n) is 2.16. The molecule has 0 unspecified atom stereocenters. The lowest BCUT2D eigenvalue weighted by atomic mass is 10.1. The average Bonchev–Trinajstić information content (AvgIpc) is 2.60. The number of rotatable bonds is 7. The van der Waals surface area contributed by atoms with Crippen LogP contribution >= 0.6 is 0 Å². The van der Waals surface area contributed by atoms with Crippen molar-refractivity contribution in [2.75, 3.05) is 13.1 Å². The second-order valence-corrected chi connectivity index (χ2v) is 6.94. The maximum absolute atomic E-state index is 11.2. The number of sulfonamides is 1. The average molecular weight is 361 g/mol. The molecule has 7 nitrogen and oxygen atoms in total. The van der Waals surface area contributed by atoms with Gasteiger partial charge in [-0.3, -0.25) is 4.98 Å². The summed E-state index contributed by atoms with van der Waals surface area (Å²) >= 11 is 0. The van der Waals surface area contributed by atoms with Crippen LogP contribution in [0.15, 0.2) is 58.5 Å². The third-order valence-electron chi connectivity index (χ3n) is 3.43. The van der Waals surface area contributed by atoms with Crippen molar-refractivity contribution in [2.24, 2.45) is 10.1 Å². The zero-order chi connectivity index (χ0) is 18.1. The minimum atomic E-state index is -3.65. The highest BCUT2D eigenvalue weighted by molar-refractivity contribution is 7.89. The Morgan fingerprint density at radius 3 is 2.52 bits per heavy atom. The van der Waals surface area contributed by atoms with E-state index in [1.807, 2.05) is 25.1 Å². The van der Waals surface area contributed by atoms with Crippen molar-refractivity contribution < 1.29 is 8.42 Å². The molecule has 8 heteroatoms. The molecule has 0 aliphatic rings. The van der Waals surface area contributed by atoms with Gasteiger partial charge in [0.1, 0.15) is 0 Å². The highest BCUT2D eigenvalue weighted by Gasteiger charge is 2.06. The summed E-state index contributed by atoms with van der Waals surface area (Å²) in [5, 5.41) is 11.5. The predicted molar refractivity (Wildman–Crippen MR) is 98.6 cm³/mol. The standard InChI is InChI=1S/C17H23N5O2S/c1-2-19-17(22-13-15-5-3-4-11-20-15)21-12-10-14-6-8-16(9-7-14)25(18,23)24/h3-9,11H,2,10,12-13H2,1H3,(H2,18,23,24)(H2,19,21,22). The summed E-state index contributed by atoms with van der Waals surface area (Å²) in [6.07, 6.45) is 2.48. The summed E-state index contributed by atoms with van der Waals surface area (Å²) in [4.78, 5) is 8.86. The molecule has 0 amide bonds. The lowest BCUT2D eigenvalue weighted by molar-refractivity contribution is 0.598. The van der Waals surface area contributed by atoms with Gasteiger partial charge in [-0.25, -0.2) is 18.5 Å². The molecule has 4 N–H and O–H groups in total. The first-order chi connectivity index (χ1) is 12.0. The Morgan fingerprint density at radius 2 is 1.92 bits per heavy atom. The molecule has 0 atom stereocenters. The SMILES string of the molecule is CCNC(=NCc1ccccn1)NCCc1ccc(S(N)(=O)=O)cc1. The summed E-state index contributed by atoms with van der Waals surface area (Å²) in [5.74, 6) is 0.717. The molecule has 1 heterocycles. The minimum Gasteiger partial charge on any atom is -0.357 e. The summed E-state index contributed by atoms with van der Waals surface area (Å²) in [6, 6.07) is 12.3. The van der Waals surface area contributed by atoms with E-state index in [4.69, 9.17) is 5.14 Å². The Hall–Kier alpha value is -2.45. The second-order valence-electron chi connectivity index (χ2n) is 5.38. The van der Waals surface area contributed by atoms with Gasteiger partial charge in [0.25, 0.3) is 0 Å². The van der Waals surface area contributed by atoms with Crippen LogP contribution < -0.4 is 15.8 Å². The number of hydrogen-bond acceptors (Lipinski definition) is 4. The van der Waals surface area contributed by atoms with E-state index in [0.717, 1.165) is 24.2 Å². The normalized spacial score (nSPS) is 12.0. The smallest absolute Gasteiger partial charge is 0.238 e.